The second kappa shape index (κ2) is 6.17. The highest BCUT2D eigenvalue weighted by Gasteiger charge is 2.10. The largest absolute Gasteiger partial charge is 0.379 e. The lowest BCUT2D eigenvalue weighted by Crippen LogP contribution is -2.21. The molecule has 1 aromatic rings. The van der Waals surface area contributed by atoms with Gasteiger partial charge < -0.3 is 10.1 Å². The van der Waals surface area contributed by atoms with Gasteiger partial charge in [0.25, 0.3) is 0 Å². The summed E-state index contributed by atoms with van der Waals surface area (Å²) in [5.74, 6) is 0. The fourth-order valence-electron chi connectivity index (χ4n) is 1.34. The van der Waals surface area contributed by atoms with Crippen LogP contribution >= 0.6 is 11.3 Å². The molecule has 0 fully saturated rings. The Balaban J connectivity index is 2.45. The minimum atomic E-state index is 0.339. The van der Waals surface area contributed by atoms with Crippen LogP contribution in [0, 0.1) is 6.92 Å². The summed E-state index contributed by atoms with van der Waals surface area (Å²) in [5, 5.41) is 5.47. The van der Waals surface area contributed by atoms with Gasteiger partial charge in [-0.15, -0.1) is 11.3 Å². The Morgan fingerprint density at radius 2 is 2.36 bits per heavy atom. The number of hydrogen-bond acceptors (Lipinski definition) is 3. The molecular weight excluding hydrogens is 194 g/mol. The minimum absolute atomic E-state index is 0.339. The van der Waals surface area contributed by atoms with Gasteiger partial charge in [0, 0.05) is 11.5 Å². The van der Waals surface area contributed by atoms with Gasteiger partial charge in [-0.05, 0) is 37.4 Å². The molecule has 0 aromatic carbocycles. The van der Waals surface area contributed by atoms with Crippen LogP contribution in [-0.4, -0.2) is 20.3 Å². The van der Waals surface area contributed by atoms with Crippen LogP contribution in [0.25, 0.3) is 0 Å². The molecule has 0 bridgehead atoms. The van der Waals surface area contributed by atoms with Crippen LogP contribution in [0.1, 0.15) is 29.8 Å². The van der Waals surface area contributed by atoms with E-state index in [1.54, 1.807) is 11.3 Å². The number of rotatable bonds is 6. The number of nitrogens with one attached hydrogen (secondary N) is 1. The molecule has 1 N–H and O–H groups in total. The highest BCUT2D eigenvalue weighted by atomic mass is 32.1. The van der Waals surface area contributed by atoms with Crippen LogP contribution in [0.15, 0.2) is 11.4 Å². The van der Waals surface area contributed by atoms with Crippen molar-refractivity contribution in [3.05, 3.63) is 21.9 Å². The first-order chi connectivity index (χ1) is 6.77. The molecule has 0 aliphatic heterocycles. The van der Waals surface area contributed by atoms with Gasteiger partial charge in [0.05, 0.1) is 12.6 Å². The van der Waals surface area contributed by atoms with Gasteiger partial charge in [-0.1, -0.05) is 6.92 Å². The van der Waals surface area contributed by atoms with Crippen molar-refractivity contribution in [2.24, 2.45) is 0 Å². The molecule has 1 unspecified atom stereocenters. The molecule has 14 heavy (non-hydrogen) atoms. The summed E-state index contributed by atoms with van der Waals surface area (Å²) in [7, 11) is 1.98. The van der Waals surface area contributed by atoms with Crippen molar-refractivity contribution in [2.75, 3.05) is 20.3 Å². The Labute approximate surface area is 90.3 Å². The van der Waals surface area contributed by atoms with Gasteiger partial charge in [0.1, 0.15) is 0 Å². The molecule has 0 saturated heterocycles. The molecular formula is C11H19NOS. The zero-order chi connectivity index (χ0) is 10.4. The lowest BCUT2D eigenvalue weighted by atomic mass is 10.1. The van der Waals surface area contributed by atoms with E-state index in [9.17, 15) is 0 Å². The second-order valence-electron chi connectivity index (χ2n) is 3.41. The second-order valence-corrected chi connectivity index (χ2v) is 4.52. The average Bonchev–Trinajstić information content (AvgIpc) is 2.60. The van der Waals surface area contributed by atoms with Gasteiger partial charge in [0.15, 0.2) is 0 Å². The first-order valence-electron chi connectivity index (χ1n) is 5.08. The van der Waals surface area contributed by atoms with Crippen LogP contribution in [0.3, 0.4) is 0 Å². The number of aryl methyl sites for hydroxylation is 1. The molecule has 0 spiro atoms. The Hall–Kier alpha value is -0.380. The van der Waals surface area contributed by atoms with Crippen LogP contribution in [0.4, 0.5) is 0 Å². The SMILES string of the molecule is CCCOCC(NC)c1csc(C)c1. The van der Waals surface area contributed by atoms with E-state index in [1.807, 2.05) is 7.05 Å². The van der Waals surface area contributed by atoms with Crippen LogP contribution in [0.2, 0.25) is 0 Å². The van der Waals surface area contributed by atoms with E-state index in [4.69, 9.17) is 4.74 Å². The standard InChI is InChI=1S/C11H19NOS/c1-4-5-13-7-11(12-3)10-6-9(2)14-8-10/h6,8,11-12H,4-5,7H2,1-3H3. The van der Waals surface area contributed by atoms with E-state index in [0.29, 0.717) is 6.04 Å². The first-order valence-corrected chi connectivity index (χ1v) is 5.96. The molecule has 0 amide bonds. The molecule has 0 saturated carbocycles. The van der Waals surface area contributed by atoms with Crippen molar-refractivity contribution in [3.63, 3.8) is 0 Å². The lowest BCUT2D eigenvalue weighted by Gasteiger charge is -2.14. The topological polar surface area (TPSA) is 21.3 Å². The summed E-state index contributed by atoms with van der Waals surface area (Å²) in [5.41, 5.74) is 1.34. The number of ether oxygens (including phenoxy) is 1. The summed E-state index contributed by atoms with van der Waals surface area (Å²) >= 11 is 1.79. The van der Waals surface area contributed by atoms with Crippen molar-refractivity contribution < 1.29 is 4.74 Å². The Morgan fingerprint density at radius 1 is 1.57 bits per heavy atom. The average molecular weight is 213 g/mol. The molecule has 1 heterocycles. The normalized spacial score (nSPS) is 13.1. The van der Waals surface area contributed by atoms with E-state index >= 15 is 0 Å². The molecule has 1 atom stereocenters. The summed E-state index contributed by atoms with van der Waals surface area (Å²) in [6.07, 6.45) is 1.08. The van der Waals surface area contributed by atoms with Gasteiger partial charge in [-0.3, -0.25) is 0 Å². The summed E-state index contributed by atoms with van der Waals surface area (Å²) < 4.78 is 5.54. The van der Waals surface area contributed by atoms with E-state index in [-0.39, 0.29) is 0 Å². The third kappa shape index (κ3) is 3.40. The fraction of sp³-hybridized carbons (Fsp3) is 0.636. The number of thiophene rings is 1. The Kier molecular flexibility index (Phi) is 5.15. The predicted molar refractivity (Wildman–Crippen MR) is 62.0 cm³/mol. The van der Waals surface area contributed by atoms with Crippen molar-refractivity contribution in [1.29, 1.82) is 0 Å². The van der Waals surface area contributed by atoms with Crippen LogP contribution in [0.5, 0.6) is 0 Å². The monoisotopic (exact) mass is 213 g/mol. The number of hydrogen-bond donors (Lipinski definition) is 1. The molecule has 1 rings (SSSR count). The maximum absolute atomic E-state index is 5.54. The number of likely N-dealkylation sites (N-methyl/N-ethyl adjacent to an activating group) is 1. The zero-order valence-electron chi connectivity index (χ0n) is 9.17. The minimum Gasteiger partial charge on any atom is -0.379 e. The molecule has 2 nitrogen and oxygen atoms in total. The highest BCUT2D eigenvalue weighted by Crippen LogP contribution is 2.20. The molecule has 0 aliphatic carbocycles. The first kappa shape index (κ1) is 11.7. The molecule has 80 valence electrons. The van der Waals surface area contributed by atoms with E-state index in [0.717, 1.165) is 19.6 Å². The highest BCUT2D eigenvalue weighted by molar-refractivity contribution is 7.10. The molecule has 3 heteroatoms. The zero-order valence-corrected chi connectivity index (χ0v) is 9.99. The van der Waals surface area contributed by atoms with E-state index in [2.05, 4.69) is 30.6 Å². The summed E-state index contributed by atoms with van der Waals surface area (Å²) in [6.45, 7) is 5.87. The smallest absolute Gasteiger partial charge is 0.0661 e. The predicted octanol–water partition coefficient (Wildman–Crippen LogP) is 2.74. The summed E-state index contributed by atoms with van der Waals surface area (Å²) in [6, 6.07) is 2.56. The molecule has 0 radical (unpaired) electrons. The van der Waals surface area contributed by atoms with Gasteiger partial charge in [-0.2, -0.15) is 0 Å². The Morgan fingerprint density at radius 3 is 2.86 bits per heavy atom. The van der Waals surface area contributed by atoms with Gasteiger partial charge >= 0.3 is 0 Å². The van der Waals surface area contributed by atoms with Crippen molar-refractivity contribution in [3.8, 4) is 0 Å². The Bertz CT molecular complexity index is 260. The van der Waals surface area contributed by atoms with Gasteiger partial charge in [0.2, 0.25) is 0 Å². The third-order valence-electron chi connectivity index (χ3n) is 2.13. The third-order valence-corrected chi connectivity index (χ3v) is 3.01. The molecule has 0 aliphatic rings. The van der Waals surface area contributed by atoms with Crippen molar-refractivity contribution >= 4 is 11.3 Å². The van der Waals surface area contributed by atoms with Crippen LogP contribution in [-0.2, 0) is 4.74 Å². The summed E-state index contributed by atoms with van der Waals surface area (Å²) in [4.78, 5) is 1.36. The van der Waals surface area contributed by atoms with E-state index in [1.165, 1.54) is 10.4 Å². The van der Waals surface area contributed by atoms with Gasteiger partial charge in [-0.25, -0.2) is 0 Å². The lowest BCUT2D eigenvalue weighted by molar-refractivity contribution is 0.114. The fourth-order valence-corrected chi connectivity index (χ4v) is 2.10. The van der Waals surface area contributed by atoms with E-state index < -0.39 is 0 Å². The van der Waals surface area contributed by atoms with Crippen molar-refractivity contribution in [2.45, 2.75) is 26.3 Å². The van der Waals surface area contributed by atoms with Crippen molar-refractivity contribution in [1.82, 2.24) is 5.32 Å². The maximum Gasteiger partial charge on any atom is 0.0661 e. The quantitative estimate of drug-likeness (QED) is 0.734. The van der Waals surface area contributed by atoms with Crippen LogP contribution < -0.4 is 5.32 Å². The molecule has 1 aromatic heterocycles. The maximum atomic E-state index is 5.54.